The maximum absolute atomic E-state index is 14.4. The summed E-state index contributed by atoms with van der Waals surface area (Å²) in [5.41, 5.74) is -0.415. The number of nitrogens with one attached hydrogen (secondary N) is 2. The predicted molar refractivity (Wildman–Crippen MR) is 105 cm³/mol. The lowest BCUT2D eigenvalue weighted by Gasteiger charge is -2.32. The van der Waals surface area contributed by atoms with Gasteiger partial charge >= 0.3 is 0 Å². The quantitative estimate of drug-likeness (QED) is 0.708. The van der Waals surface area contributed by atoms with Crippen LogP contribution in [-0.4, -0.2) is 25.0 Å². The zero-order chi connectivity index (χ0) is 19.3. The largest absolute Gasteiger partial charge is 0.354 e. The zero-order valence-electron chi connectivity index (χ0n) is 15.6. The van der Waals surface area contributed by atoms with Crippen LogP contribution in [0, 0.1) is 11.6 Å². The third kappa shape index (κ3) is 4.74. The molecule has 3 nitrogen and oxygen atoms in total. The van der Waals surface area contributed by atoms with Crippen LogP contribution in [0.25, 0.3) is 0 Å². The summed E-state index contributed by atoms with van der Waals surface area (Å²) in [6.07, 6.45) is 4.14. The van der Waals surface area contributed by atoms with Gasteiger partial charge in [-0.3, -0.25) is 4.79 Å². The summed E-state index contributed by atoms with van der Waals surface area (Å²) < 4.78 is 28.8. The molecular formula is C21H26F2N2OS. The first-order valence-corrected chi connectivity index (χ1v) is 10.4. The smallest absolute Gasteiger partial charge is 0.236 e. The van der Waals surface area contributed by atoms with E-state index in [4.69, 9.17) is 0 Å². The molecule has 6 heteroatoms. The van der Waals surface area contributed by atoms with Gasteiger partial charge in [0.05, 0.1) is 6.04 Å². The summed E-state index contributed by atoms with van der Waals surface area (Å²) in [7, 11) is 0. The van der Waals surface area contributed by atoms with Gasteiger partial charge in [-0.25, -0.2) is 8.78 Å². The molecule has 1 heterocycles. The summed E-state index contributed by atoms with van der Waals surface area (Å²) in [5.74, 6) is -1.08. The Balaban J connectivity index is 1.58. The highest BCUT2D eigenvalue weighted by Gasteiger charge is 2.40. The van der Waals surface area contributed by atoms with Gasteiger partial charge in [0.25, 0.3) is 0 Å². The Kier molecular flexibility index (Phi) is 6.60. The topological polar surface area (TPSA) is 41.1 Å². The van der Waals surface area contributed by atoms with Crippen molar-refractivity contribution in [2.24, 2.45) is 0 Å². The van der Waals surface area contributed by atoms with Crippen LogP contribution in [0.3, 0.4) is 0 Å². The minimum atomic E-state index is -0.582. The van der Waals surface area contributed by atoms with Crippen LogP contribution in [0.15, 0.2) is 35.7 Å². The minimum Gasteiger partial charge on any atom is -0.354 e. The average molecular weight is 393 g/mol. The molecule has 1 aromatic carbocycles. The van der Waals surface area contributed by atoms with Gasteiger partial charge in [0.15, 0.2) is 0 Å². The van der Waals surface area contributed by atoms with Crippen LogP contribution < -0.4 is 10.6 Å². The number of hydrogen-bond acceptors (Lipinski definition) is 3. The molecule has 2 N–H and O–H groups in total. The molecule has 1 unspecified atom stereocenters. The fourth-order valence-electron chi connectivity index (χ4n) is 3.93. The number of carbonyl (C=O) groups excluding carboxylic acids is 1. The van der Waals surface area contributed by atoms with Gasteiger partial charge < -0.3 is 10.6 Å². The van der Waals surface area contributed by atoms with Crippen LogP contribution in [-0.2, 0) is 16.6 Å². The second-order valence-corrected chi connectivity index (χ2v) is 8.34. The Morgan fingerprint density at radius 1 is 1.19 bits per heavy atom. The fraction of sp³-hybridized carbons (Fsp3) is 0.476. The highest BCUT2D eigenvalue weighted by atomic mass is 32.1. The molecule has 1 fully saturated rings. The lowest BCUT2D eigenvalue weighted by molar-refractivity contribution is -0.122. The molecule has 2 aromatic rings. The Morgan fingerprint density at radius 3 is 2.52 bits per heavy atom. The van der Waals surface area contributed by atoms with Gasteiger partial charge in [0.1, 0.15) is 11.6 Å². The molecule has 1 saturated carbocycles. The normalized spacial score (nSPS) is 17.0. The third-order valence-electron chi connectivity index (χ3n) is 5.44. The molecule has 1 aliphatic rings. The number of amides is 1. The molecule has 1 aromatic heterocycles. The van der Waals surface area contributed by atoms with E-state index in [1.54, 1.807) is 18.3 Å². The van der Waals surface area contributed by atoms with Gasteiger partial charge in [-0.1, -0.05) is 25.0 Å². The summed E-state index contributed by atoms with van der Waals surface area (Å²) in [6.45, 7) is 2.77. The molecule has 0 bridgehead atoms. The van der Waals surface area contributed by atoms with Gasteiger partial charge in [-0.05, 0) is 49.8 Å². The van der Waals surface area contributed by atoms with Crippen molar-refractivity contribution in [2.45, 2.75) is 50.5 Å². The molecule has 0 saturated heterocycles. The monoisotopic (exact) mass is 392 g/mol. The SMILES string of the molecule is CC(NCC1(c2c(F)cccc2F)CCCC1)C(=O)NCCc1cccs1. The maximum atomic E-state index is 14.4. The molecule has 27 heavy (non-hydrogen) atoms. The molecule has 1 amide bonds. The van der Waals surface area contributed by atoms with Gasteiger partial charge in [0, 0.05) is 28.9 Å². The van der Waals surface area contributed by atoms with E-state index in [1.807, 2.05) is 17.5 Å². The van der Waals surface area contributed by atoms with Crippen LogP contribution in [0.4, 0.5) is 8.78 Å². The van der Waals surface area contributed by atoms with Gasteiger partial charge in [0.2, 0.25) is 5.91 Å². The molecule has 0 radical (unpaired) electrons. The third-order valence-corrected chi connectivity index (χ3v) is 6.38. The van der Waals surface area contributed by atoms with E-state index in [2.05, 4.69) is 10.6 Å². The lowest BCUT2D eigenvalue weighted by atomic mass is 9.78. The van der Waals surface area contributed by atoms with Crippen molar-refractivity contribution in [3.63, 3.8) is 0 Å². The van der Waals surface area contributed by atoms with Crippen molar-refractivity contribution in [1.82, 2.24) is 10.6 Å². The second-order valence-electron chi connectivity index (χ2n) is 7.31. The zero-order valence-corrected chi connectivity index (χ0v) is 16.4. The van der Waals surface area contributed by atoms with E-state index in [9.17, 15) is 13.6 Å². The number of benzene rings is 1. The number of halogens is 2. The summed E-state index contributed by atoms with van der Waals surface area (Å²) >= 11 is 1.67. The molecule has 0 aliphatic heterocycles. The van der Waals surface area contributed by atoms with E-state index in [0.29, 0.717) is 13.1 Å². The first-order chi connectivity index (χ1) is 13.0. The maximum Gasteiger partial charge on any atom is 0.236 e. The molecule has 146 valence electrons. The summed E-state index contributed by atoms with van der Waals surface area (Å²) in [6, 6.07) is 7.66. The molecule has 1 atom stereocenters. The van der Waals surface area contributed by atoms with Crippen molar-refractivity contribution >= 4 is 17.2 Å². The molecule has 1 aliphatic carbocycles. The second kappa shape index (κ2) is 8.93. The number of thiophene rings is 1. The highest BCUT2D eigenvalue weighted by molar-refractivity contribution is 7.09. The van der Waals surface area contributed by atoms with Crippen LogP contribution in [0.1, 0.15) is 43.0 Å². The molecule has 0 spiro atoms. The Bertz CT molecular complexity index is 737. The first kappa shape index (κ1) is 20.0. The van der Waals surface area contributed by atoms with E-state index >= 15 is 0 Å². The highest BCUT2D eigenvalue weighted by Crippen LogP contribution is 2.42. The Hall–Kier alpha value is -1.79. The summed E-state index contributed by atoms with van der Waals surface area (Å²) in [5, 5.41) is 8.17. The number of rotatable bonds is 8. The van der Waals surface area contributed by atoms with E-state index in [1.165, 1.54) is 23.1 Å². The Morgan fingerprint density at radius 2 is 1.89 bits per heavy atom. The van der Waals surface area contributed by atoms with Crippen molar-refractivity contribution in [3.05, 3.63) is 57.8 Å². The van der Waals surface area contributed by atoms with Crippen LogP contribution in [0.5, 0.6) is 0 Å². The summed E-state index contributed by atoms with van der Waals surface area (Å²) in [4.78, 5) is 13.6. The first-order valence-electron chi connectivity index (χ1n) is 9.50. The van der Waals surface area contributed by atoms with E-state index in [-0.39, 0.29) is 11.5 Å². The van der Waals surface area contributed by atoms with Crippen molar-refractivity contribution < 1.29 is 13.6 Å². The van der Waals surface area contributed by atoms with Crippen molar-refractivity contribution in [1.29, 1.82) is 0 Å². The van der Waals surface area contributed by atoms with Crippen LogP contribution >= 0.6 is 11.3 Å². The van der Waals surface area contributed by atoms with Gasteiger partial charge in [-0.2, -0.15) is 0 Å². The number of carbonyl (C=O) groups is 1. The van der Waals surface area contributed by atoms with Crippen molar-refractivity contribution in [3.8, 4) is 0 Å². The predicted octanol–water partition coefficient (Wildman–Crippen LogP) is 4.18. The van der Waals surface area contributed by atoms with E-state index < -0.39 is 23.1 Å². The molecular weight excluding hydrogens is 366 g/mol. The van der Waals surface area contributed by atoms with Crippen LogP contribution in [0.2, 0.25) is 0 Å². The fourth-order valence-corrected chi connectivity index (χ4v) is 4.64. The lowest BCUT2D eigenvalue weighted by Crippen LogP contribution is -2.48. The Labute approximate surface area is 163 Å². The number of hydrogen-bond donors (Lipinski definition) is 2. The van der Waals surface area contributed by atoms with Crippen molar-refractivity contribution in [2.75, 3.05) is 13.1 Å². The van der Waals surface area contributed by atoms with Gasteiger partial charge in [-0.15, -0.1) is 11.3 Å². The molecule has 3 rings (SSSR count). The average Bonchev–Trinajstić information content (AvgIpc) is 3.32. The minimum absolute atomic E-state index is 0.0892. The van der Waals surface area contributed by atoms with E-state index in [0.717, 1.165) is 32.1 Å². The standard InChI is InChI=1S/C21H26F2N2OS/c1-15(20(26)24-12-9-16-6-5-13-27-16)25-14-21(10-2-3-11-21)19-17(22)7-4-8-18(19)23/h4-8,13,15,25H,2-3,9-12,14H2,1H3,(H,24,26).